The predicted octanol–water partition coefficient (Wildman–Crippen LogP) is 4.49. The van der Waals surface area contributed by atoms with Crippen LogP contribution in [0.2, 0.25) is 5.02 Å². The lowest BCUT2D eigenvalue weighted by Gasteiger charge is -2.32. The quantitative estimate of drug-likeness (QED) is 0.405. The van der Waals surface area contributed by atoms with Crippen molar-refractivity contribution in [2.24, 2.45) is 0 Å². The highest BCUT2D eigenvalue weighted by molar-refractivity contribution is 6.30. The fourth-order valence-corrected chi connectivity index (χ4v) is 4.64. The molecule has 1 atom stereocenters. The summed E-state index contributed by atoms with van der Waals surface area (Å²) < 4.78 is 5.42. The Morgan fingerprint density at radius 1 is 0.892 bits per heavy atom. The van der Waals surface area contributed by atoms with Crippen molar-refractivity contribution in [1.82, 2.24) is 15.1 Å². The molecule has 0 aliphatic carbocycles. The number of hydrogen-bond acceptors (Lipinski definition) is 4. The van der Waals surface area contributed by atoms with Crippen LogP contribution in [0.5, 0.6) is 0 Å². The lowest BCUT2D eigenvalue weighted by atomic mass is 10.0. The van der Waals surface area contributed by atoms with Crippen LogP contribution in [0.1, 0.15) is 29.2 Å². The number of nitrogens with one attached hydrogen (secondary N) is 1. The number of morpholine rings is 1. The minimum Gasteiger partial charge on any atom is -0.379 e. The van der Waals surface area contributed by atoms with E-state index in [1.807, 2.05) is 84.9 Å². The molecule has 7 heteroatoms. The van der Waals surface area contributed by atoms with Crippen LogP contribution in [0.15, 0.2) is 84.9 Å². The van der Waals surface area contributed by atoms with Crippen molar-refractivity contribution < 1.29 is 14.3 Å². The van der Waals surface area contributed by atoms with E-state index < -0.39 is 6.04 Å². The first-order valence-corrected chi connectivity index (χ1v) is 13.2. The van der Waals surface area contributed by atoms with E-state index in [-0.39, 0.29) is 11.8 Å². The maximum atomic E-state index is 13.7. The van der Waals surface area contributed by atoms with Gasteiger partial charge in [0, 0.05) is 44.2 Å². The van der Waals surface area contributed by atoms with Gasteiger partial charge in [-0.15, -0.1) is 0 Å². The summed E-state index contributed by atoms with van der Waals surface area (Å²) in [6.07, 6.45) is 0.916. The number of carbonyl (C=O) groups excluding carboxylic acids is 2. The molecule has 0 radical (unpaired) electrons. The van der Waals surface area contributed by atoms with Crippen molar-refractivity contribution in [2.75, 3.05) is 39.4 Å². The molecule has 6 nitrogen and oxygen atoms in total. The Bertz CT molecular complexity index is 1120. The van der Waals surface area contributed by atoms with Gasteiger partial charge in [-0.25, -0.2) is 0 Å². The first-order chi connectivity index (χ1) is 18.1. The molecule has 0 saturated carbocycles. The lowest BCUT2D eigenvalue weighted by molar-refractivity contribution is -0.141. The minimum absolute atomic E-state index is 0.0732. The van der Waals surface area contributed by atoms with Gasteiger partial charge in [0.05, 0.1) is 13.2 Å². The van der Waals surface area contributed by atoms with E-state index in [1.165, 1.54) is 0 Å². The maximum Gasteiger partial charge on any atom is 0.247 e. The zero-order valence-electron chi connectivity index (χ0n) is 21.0. The summed E-state index contributed by atoms with van der Waals surface area (Å²) in [5.74, 6) is -0.252. The number of aryl methyl sites for hydroxylation is 1. The van der Waals surface area contributed by atoms with Crippen LogP contribution >= 0.6 is 11.6 Å². The lowest BCUT2D eigenvalue weighted by Crippen LogP contribution is -2.46. The zero-order chi connectivity index (χ0) is 25.9. The van der Waals surface area contributed by atoms with Gasteiger partial charge in [-0.3, -0.25) is 14.5 Å². The van der Waals surface area contributed by atoms with E-state index >= 15 is 0 Å². The Morgan fingerprint density at radius 3 is 2.22 bits per heavy atom. The highest BCUT2D eigenvalue weighted by Crippen LogP contribution is 2.25. The Morgan fingerprint density at radius 2 is 1.54 bits per heavy atom. The molecule has 3 aromatic rings. The second-order valence-corrected chi connectivity index (χ2v) is 9.63. The first-order valence-electron chi connectivity index (χ1n) is 12.8. The molecule has 4 rings (SSSR count). The zero-order valence-corrected chi connectivity index (χ0v) is 21.8. The average Bonchev–Trinajstić information content (AvgIpc) is 2.94. The molecule has 0 unspecified atom stereocenters. The van der Waals surface area contributed by atoms with Crippen LogP contribution in [0.4, 0.5) is 0 Å². The highest BCUT2D eigenvalue weighted by atomic mass is 35.5. The molecular formula is C30H34ClN3O3. The molecule has 1 fully saturated rings. The number of rotatable bonds is 11. The summed E-state index contributed by atoms with van der Waals surface area (Å²) in [7, 11) is 0. The smallest absolute Gasteiger partial charge is 0.247 e. The summed E-state index contributed by atoms with van der Waals surface area (Å²) in [5, 5.41) is 3.73. The Hall–Kier alpha value is -3.19. The topological polar surface area (TPSA) is 61.9 Å². The molecule has 0 aromatic heterocycles. The van der Waals surface area contributed by atoms with Crippen molar-refractivity contribution in [3.63, 3.8) is 0 Å². The first kappa shape index (κ1) is 26.9. The standard InChI is InChI=1S/C30H34ClN3O3/c31-27-14-11-25(12-15-27)23-34(28(35)16-13-24-7-3-1-4-8-24)29(26-9-5-2-6-10-26)30(36)32-17-18-33-19-21-37-22-20-33/h1-12,14-15,29H,13,16-23H2,(H,32,36)/t29-/m0/s1. The number of benzene rings is 3. The molecule has 1 heterocycles. The number of amides is 2. The molecule has 0 spiro atoms. The van der Waals surface area contributed by atoms with Crippen LogP contribution in [0, 0.1) is 0 Å². The summed E-state index contributed by atoms with van der Waals surface area (Å²) in [4.78, 5) is 31.4. The SMILES string of the molecule is O=C(NCCN1CCOCC1)[C@H](c1ccccc1)N(Cc1ccc(Cl)cc1)C(=O)CCc1ccccc1. The van der Waals surface area contributed by atoms with Crippen LogP contribution in [-0.4, -0.2) is 61.0 Å². The van der Waals surface area contributed by atoms with Gasteiger partial charge in [-0.05, 0) is 35.2 Å². The number of halogens is 1. The van der Waals surface area contributed by atoms with Crippen molar-refractivity contribution in [1.29, 1.82) is 0 Å². The number of nitrogens with zero attached hydrogens (tertiary/aromatic N) is 2. The largest absolute Gasteiger partial charge is 0.379 e. The van der Waals surface area contributed by atoms with Crippen molar-refractivity contribution in [3.8, 4) is 0 Å². The summed E-state index contributed by atoms with van der Waals surface area (Å²) >= 11 is 6.10. The average molecular weight is 520 g/mol. The van der Waals surface area contributed by atoms with Crippen LogP contribution in [0.25, 0.3) is 0 Å². The minimum atomic E-state index is -0.746. The fourth-order valence-electron chi connectivity index (χ4n) is 4.52. The van der Waals surface area contributed by atoms with Crippen LogP contribution in [0.3, 0.4) is 0 Å². The number of ether oxygens (including phenoxy) is 1. The second-order valence-electron chi connectivity index (χ2n) is 9.19. The van der Waals surface area contributed by atoms with Crippen molar-refractivity contribution in [3.05, 3.63) is 107 Å². The van der Waals surface area contributed by atoms with Crippen LogP contribution in [-0.2, 0) is 27.3 Å². The third-order valence-corrected chi connectivity index (χ3v) is 6.82. The van der Waals surface area contributed by atoms with Gasteiger partial charge >= 0.3 is 0 Å². The molecular weight excluding hydrogens is 486 g/mol. The Balaban J connectivity index is 1.55. The van der Waals surface area contributed by atoms with E-state index in [1.54, 1.807) is 4.90 Å². The number of hydrogen-bond donors (Lipinski definition) is 1. The van der Waals surface area contributed by atoms with E-state index in [0.29, 0.717) is 44.2 Å². The van der Waals surface area contributed by atoms with Gasteiger partial charge in [-0.1, -0.05) is 84.4 Å². The summed E-state index contributed by atoms with van der Waals surface area (Å²) in [5.41, 5.74) is 2.79. The Kier molecular flexibility index (Phi) is 10.1. The van der Waals surface area contributed by atoms with E-state index in [2.05, 4.69) is 10.2 Å². The van der Waals surface area contributed by atoms with E-state index in [9.17, 15) is 9.59 Å². The maximum absolute atomic E-state index is 13.7. The molecule has 3 aromatic carbocycles. The molecule has 0 bridgehead atoms. The molecule has 194 valence electrons. The van der Waals surface area contributed by atoms with Gasteiger partial charge < -0.3 is 15.0 Å². The highest BCUT2D eigenvalue weighted by Gasteiger charge is 2.31. The second kappa shape index (κ2) is 13.9. The van der Waals surface area contributed by atoms with Gasteiger partial charge in [0.2, 0.25) is 11.8 Å². The van der Waals surface area contributed by atoms with Gasteiger partial charge in [0.25, 0.3) is 0 Å². The van der Waals surface area contributed by atoms with Crippen LogP contribution < -0.4 is 5.32 Å². The summed E-state index contributed by atoms with van der Waals surface area (Å²) in [6.45, 7) is 4.71. The van der Waals surface area contributed by atoms with Gasteiger partial charge in [0.1, 0.15) is 6.04 Å². The number of carbonyl (C=O) groups is 2. The third-order valence-electron chi connectivity index (χ3n) is 6.56. The van der Waals surface area contributed by atoms with Gasteiger partial charge in [-0.2, -0.15) is 0 Å². The molecule has 1 saturated heterocycles. The fraction of sp³-hybridized carbons (Fsp3) is 0.333. The molecule has 2 amide bonds. The van der Waals surface area contributed by atoms with E-state index in [4.69, 9.17) is 16.3 Å². The van der Waals surface area contributed by atoms with E-state index in [0.717, 1.165) is 36.3 Å². The molecule has 1 aliphatic heterocycles. The normalized spacial score (nSPS) is 14.6. The van der Waals surface area contributed by atoms with Crippen molar-refractivity contribution >= 4 is 23.4 Å². The van der Waals surface area contributed by atoms with Gasteiger partial charge in [0.15, 0.2) is 0 Å². The molecule has 37 heavy (non-hydrogen) atoms. The summed E-state index contributed by atoms with van der Waals surface area (Å²) in [6, 6.07) is 26.2. The monoisotopic (exact) mass is 519 g/mol. The van der Waals surface area contributed by atoms with Crippen molar-refractivity contribution in [2.45, 2.75) is 25.4 Å². The Labute approximate surface area is 224 Å². The third kappa shape index (κ3) is 8.15. The molecule has 1 aliphatic rings. The molecule has 1 N–H and O–H groups in total. The predicted molar refractivity (Wildman–Crippen MR) is 146 cm³/mol.